The molecule has 0 unspecified atom stereocenters. The lowest BCUT2D eigenvalue weighted by Crippen LogP contribution is -2.05. The Morgan fingerprint density at radius 1 is 1.47 bits per heavy atom. The van der Waals surface area contributed by atoms with E-state index in [1.807, 2.05) is 0 Å². The zero-order valence-electron chi connectivity index (χ0n) is 10.6. The summed E-state index contributed by atoms with van der Waals surface area (Å²) in [7, 11) is 1.48. The van der Waals surface area contributed by atoms with E-state index in [2.05, 4.69) is 5.32 Å². The Bertz CT molecular complexity index is 461. The van der Waals surface area contributed by atoms with Gasteiger partial charge >= 0.3 is 5.97 Å². The van der Waals surface area contributed by atoms with Crippen LogP contribution in [0.1, 0.15) is 19.3 Å². The second-order valence-electron chi connectivity index (χ2n) is 3.92. The summed E-state index contributed by atoms with van der Waals surface area (Å²) in [4.78, 5) is 20.5. The quantitative estimate of drug-likeness (QED) is 0.426. The van der Waals surface area contributed by atoms with Crippen molar-refractivity contribution in [1.82, 2.24) is 0 Å². The van der Waals surface area contributed by atoms with Crippen LogP contribution in [0, 0.1) is 10.1 Å². The van der Waals surface area contributed by atoms with Crippen LogP contribution < -0.4 is 10.1 Å². The Balaban J connectivity index is 2.57. The van der Waals surface area contributed by atoms with Gasteiger partial charge in [0.2, 0.25) is 0 Å². The zero-order valence-corrected chi connectivity index (χ0v) is 10.6. The Labute approximate surface area is 110 Å². The van der Waals surface area contributed by atoms with Crippen LogP contribution in [-0.4, -0.2) is 29.7 Å². The average molecular weight is 268 g/mol. The summed E-state index contributed by atoms with van der Waals surface area (Å²) in [5, 5.41) is 22.2. The van der Waals surface area contributed by atoms with Gasteiger partial charge in [0.25, 0.3) is 5.69 Å². The number of nitro groups is 1. The molecule has 0 heterocycles. The molecule has 0 aliphatic heterocycles. The maximum atomic E-state index is 10.7. The Hall–Kier alpha value is -2.31. The highest BCUT2D eigenvalue weighted by atomic mass is 16.6. The van der Waals surface area contributed by atoms with Crippen molar-refractivity contribution in [1.29, 1.82) is 0 Å². The molecule has 0 bridgehead atoms. The van der Waals surface area contributed by atoms with E-state index in [1.54, 1.807) is 0 Å². The number of methoxy groups -OCH3 is 1. The normalized spacial score (nSPS) is 9.95. The van der Waals surface area contributed by atoms with Crippen LogP contribution in [-0.2, 0) is 4.79 Å². The number of nitrogens with zero attached hydrogens (tertiary/aromatic N) is 1. The molecule has 19 heavy (non-hydrogen) atoms. The first-order chi connectivity index (χ1) is 9.04. The van der Waals surface area contributed by atoms with Gasteiger partial charge in [-0.15, -0.1) is 0 Å². The number of hydrogen-bond donors (Lipinski definition) is 2. The molecule has 0 aliphatic carbocycles. The van der Waals surface area contributed by atoms with E-state index in [-0.39, 0.29) is 12.1 Å². The van der Waals surface area contributed by atoms with Crippen LogP contribution in [0.25, 0.3) is 0 Å². The Morgan fingerprint density at radius 3 is 2.79 bits per heavy atom. The van der Waals surface area contributed by atoms with Crippen molar-refractivity contribution in [3.8, 4) is 5.75 Å². The zero-order chi connectivity index (χ0) is 14.3. The van der Waals surface area contributed by atoms with Crippen LogP contribution in [0.5, 0.6) is 5.75 Å². The second kappa shape index (κ2) is 7.20. The van der Waals surface area contributed by atoms with Crippen molar-refractivity contribution in [2.75, 3.05) is 19.0 Å². The van der Waals surface area contributed by atoms with Gasteiger partial charge in [0.1, 0.15) is 5.75 Å². The van der Waals surface area contributed by atoms with Gasteiger partial charge in [-0.1, -0.05) is 0 Å². The standard InChI is InChI=1S/C12H16N2O5/c1-19-11-6-5-9(14(17)18)8-10(11)13-7-3-2-4-12(15)16/h5-6,8,13H,2-4,7H2,1H3,(H,15,16). The fraction of sp³-hybridized carbons (Fsp3) is 0.417. The summed E-state index contributed by atoms with van der Waals surface area (Å²) in [5.41, 5.74) is 0.515. The number of anilines is 1. The summed E-state index contributed by atoms with van der Waals surface area (Å²) >= 11 is 0. The lowest BCUT2D eigenvalue weighted by Gasteiger charge is -2.10. The summed E-state index contributed by atoms with van der Waals surface area (Å²) < 4.78 is 5.10. The Kier molecular flexibility index (Phi) is 5.59. The summed E-state index contributed by atoms with van der Waals surface area (Å²) in [6, 6.07) is 4.29. The number of non-ortho nitro benzene ring substituents is 1. The predicted molar refractivity (Wildman–Crippen MR) is 69.6 cm³/mol. The molecule has 0 spiro atoms. The number of carboxylic acid groups (broad SMARTS) is 1. The van der Waals surface area contributed by atoms with Gasteiger partial charge in [-0.2, -0.15) is 0 Å². The molecule has 0 atom stereocenters. The molecule has 1 aromatic rings. The number of nitrogens with one attached hydrogen (secondary N) is 1. The van der Waals surface area contributed by atoms with E-state index in [0.717, 1.165) is 0 Å². The molecule has 0 amide bonds. The number of carboxylic acids is 1. The molecule has 2 N–H and O–H groups in total. The highest BCUT2D eigenvalue weighted by molar-refractivity contribution is 5.66. The number of aliphatic carboxylic acids is 1. The number of rotatable bonds is 8. The third-order valence-electron chi connectivity index (χ3n) is 2.53. The van der Waals surface area contributed by atoms with Gasteiger partial charge in [0.05, 0.1) is 17.7 Å². The molecule has 0 radical (unpaired) electrons. The molecule has 104 valence electrons. The van der Waals surface area contributed by atoms with Gasteiger partial charge in [-0.3, -0.25) is 14.9 Å². The minimum Gasteiger partial charge on any atom is -0.495 e. The van der Waals surface area contributed by atoms with Gasteiger partial charge in [-0.25, -0.2) is 0 Å². The van der Waals surface area contributed by atoms with Crippen molar-refractivity contribution < 1.29 is 19.6 Å². The maximum absolute atomic E-state index is 10.7. The number of benzene rings is 1. The number of nitro benzene ring substituents is 1. The molecular formula is C12H16N2O5. The molecule has 0 aliphatic rings. The second-order valence-corrected chi connectivity index (χ2v) is 3.92. The van der Waals surface area contributed by atoms with Crippen molar-refractivity contribution in [3.63, 3.8) is 0 Å². The van der Waals surface area contributed by atoms with Gasteiger partial charge in [0.15, 0.2) is 0 Å². The number of hydrogen-bond acceptors (Lipinski definition) is 5. The van der Waals surface area contributed by atoms with E-state index in [0.29, 0.717) is 30.8 Å². The Morgan fingerprint density at radius 2 is 2.21 bits per heavy atom. The number of unbranched alkanes of at least 4 members (excludes halogenated alkanes) is 1. The number of ether oxygens (including phenoxy) is 1. The maximum Gasteiger partial charge on any atom is 0.303 e. The number of carbonyl (C=O) groups is 1. The first kappa shape index (κ1) is 14.7. The third kappa shape index (κ3) is 4.82. The predicted octanol–water partition coefficient (Wildman–Crippen LogP) is 2.27. The minimum atomic E-state index is -0.826. The van der Waals surface area contributed by atoms with E-state index in [9.17, 15) is 14.9 Å². The van der Waals surface area contributed by atoms with Crippen LogP contribution in [0.3, 0.4) is 0 Å². The monoisotopic (exact) mass is 268 g/mol. The molecule has 0 aromatic heterocycles. The smallest absolute Gasteiger partial charge is 0.303 e. The van der Waals surface area contributed by atoms with Crippen LogP contribution in [0.2, 0.25) is 0 Å². The van der Waals surface area contributed by atoms with Crippen molar-refractivity contribution >= 4 is 17.3 Å². The molecule has 7 nitrogen and oxygen atoms in total. The molecule has 0 fully saturated rings. The SMILES string of the molecule is COc1ccc([N+](=O)[O-])cc1NCCCCC(=O)O. The van der Waals surface area contributed by atoms with E-state index in [4.69, 9.17) is 9.84 Å². The highest BCUT2D eigenvalue weighted by Crippen LogP contribution is 2.28. The molecule has 0 saturated carbocycles. The summed E-state index contributed by atoms with van der Waals surface area (Å²) in [6.45, 7) is 0.533. The summed E-state index contributed by atoms with van der Waals surface area (Å²) in [5.74, 6) is -0.309. The van der Waals surface area contributed by atoms with Gasteiger partial charge < -0.3 is 15.2 Å². The molecule has 0 saturated heterocycles. The molecular weight excluding hydrogens is 252 g/mol. The minimum absolute atomic E-state index is 0.0196. The van der Waals surface area contributed by atoms with Crippen molar-refractivity contribution in [2.45, 2.75) is 19.3 Å². The van der Waals surface area contributed by atoms with Crippen LogP contribution in [0.15, 0.2) is 18.2 Å². The fourth-order valence-corrected chi connectivity index (χ4v) is 1.57. The van der Waals surface area contributed by atoms with Crippen molar-refractivity contribution in [3.05, 3.63) is 28.3 Å². The summed E-state index contributed by atoms with van der Waals surface area (Å²) in [6.07, 6.45) is 1.34. The lowest BCUT2D eigenvalue weighted by atomic mass is 10.2. The van der Waals surface area contributed by atoms with E-state index >= 15 is 0 Å². The molecule has 1 rings (SSSR count). The topological polar surface area (TPSA) is 102 Å². The molecule has 7 heteroatoms. The average Bonchev–Trinajstić information content (AvgIpc) is 2.37. The first-order valence-corrected chi connectivity index (χ1v) is 5.82. The highest BCUT2D eigenvalue weighted by Gasteiger charge is 2.10. The fourth-order valence-electron chi connectivity index (χ4n) is 1.57. The van der Waals surface area contributed by atoms with Crippen LogP contribution >= 0.6 is 0 Å². The van der Waals surface area contributed by atoms with Crippen molar-refractivity contribution in [2.24, 2.45) is 0 Å². The largest absolute Gasteiger partial charge is 0.495 e. The first-order valence-electron chi connectivity index (χ1n) is 5.82. The third-order valence-corrected chi connectivity index (χ3v) is 2.53. The molecule has 1 aromatic carbocycles. The van der Waals surface area contributed by atoms with E-state index < -0.39 is 10.9 Å². The van der Waals surface area contributed by atoms with Gasteiger partial charge in [-0.05, 0) is 18.9 Å². The lowest BCUT2D eigenvalue weighted by molar-refractivity contribution is -0.384. The van der Waals surface area contributed by atoms with Gasteiger partial charge in [0, 0.05) is 25.1 Å². The van der Waals surface area contributed by atoms with Crippen LogP contribution in [0.4, 0.5) is 11.4 Å². The van der Waals surface area contributed by atoms with E-state index in [1.165, 1.54) is 25.3 Å².